The van der Waals surface area contributed by atoms with E-state index in [0.29, 0.717) is 13.0 Å². The summed E-state index contributed by atoms with van der Waals surface area (Å²) in [7, 11) is 0. The van der Waals surface area contributed by atoms with E-state index >= 15 is 0 Å². The number of nitrogens with two attached hydrogens (primary N) is 2. The van der Waals surface area contributed by atoms with Crippen LogP contribution in [-0.2, 0) is 6.42 Å². The number of rotatable bonds is 3. The summed E-state index contributed by atoms with van der Waals surface area (Å²) >= 11 is 0. The highest BCUT2D eigenvalue weighted by atomic mass is 14.7. The highest BCUT2D eigenvalue weighted by Crippen LogP contribution is 2.11. The molecule has 0 spiro atoms. The van der Waals surface area contributed by atoms with Gasteiger partial charge in [-0.15, -0.1) is 0 Å². The largest absolute Gasteiger partial charge is 0.329 e. The minimum atomic E-state index is -0.126. The Labute approximate surface area is 78.0 Å². The summed E-state index contributed by atoms with van der Waals surface area (Å²) in [5, 5.41) is 8.50. The third-order valence-electron chi connectivity index (χ3n) is 1.92. The Balaban J connectivity index is 2.86. The Morgan fingerprint density at radius 3 is 2.85 bits per heavy atom. The number of benzene rings is 1. The van der Waals surface area contributed by atoms with Gasteiger partial charge in [-0.3, -0.25) is 0 Å². The molecular weight excluding hydrogens is 162 g/mol. The Kier molecular flexibility index (Phi) is 3.44. The molecule has 0 heterocycles. The van der Waals surface area contributed by atoms with Crippen LogP contribution in [0.25, 0.3) is 0 Å². The molecule has 68 valence electrons. The molecule has 0 saturated carbocycles. The zero-order valence-corrected chi connectivity index (χ0v) is 7.40. The molecule has 0 aliphatic rings. The van der Waals surface area contributed by atoms with Gasteiger partial charge in [0.2, 0.25) is 0 Å². The molecule has 3 heteroatoms. The van der Waals surface area contributed by atoms with Crippen LogP contribution in [0.15, 0.2) is 24.3 Å². The van der Waals surface area contributed by atoms with Crippen LogP contribution in [0.4, 0.5) is 0 Å². The van der Waals surface area contributed by atoms with Crippen molar-refractivity contribution < 1.29 is 0 Å². The fourth-order valence-corrected chi connectivity index (χ4v) is 1.16. The summed E-state index contributed by atoms with van der Waals surface area (Å²) in [6.45, 7) is 0.427. The van der Waals surface area contributed by atoms with Crippen molar-refractivity contribution in [3.05, 3.63) is 35.4 Å². The molecule has 0 saturated heterocycles. The second-order valence-corrected chi connectivity index (χ2v) is 2.92. The second kappa shape index (κ2) is 4.61. The summed E-state index contributed by atoms with van der Waals surface area (Å²) in [6, 6.07) is 9.64. The first-order chi connectivity index (χ1) is 6.27. The zero-order chi connectivity index (χ0) is 9.68. The van der Waals surface area contributed by atoms with Gasteiger partial charge in [-0.25, -0.2) is 0 Å². The highest BCUT2D eigenvalue weighted by molar-refractivity contribution is 5.27. The molecule has 1 rings (SSSR count). The average Bonchev–Trinajstić information content (AvgIpc) is 2.18. The predicted octanol–water partition coefficient (Wildman–Crippen LogP) is 0.711. The highest BCUT2D eigenvalue weighted by Gasteiger charge is 2.03. The van der Waals surface area contributed by atoms with Crippen molar-refractivity contribution in [3.63, 3.8) is 0 Å². The van der Waals surface area contributed by atoms with E-state index in [4.69, 9.17) is 16.7 Å². The Bertz CT molecular complexity index is 314. The first-order valence-corrected chi connectivity index (χ1v) is 4.19. The Morgan fingerprint density at radius 2 is 2.23 bits per heavy atom. The van der Waals surface area contributed by atoms with Crippen LogP contribution in [0, 0.1) is 11.3 Å². The maximum absolute atomic E-state index is 8.50. The van der Waals surface area contributed by atoms with Crippen molar-refractivity contribution in [2.45, 2.75) is 12.5 Å². The molecule has 0 aromatic heterocycles. The van der Waals surface area contributed by atoms with Crippen molar-refractivity contribution in [1.29, 1.82) is 5.26 Å². The van der Waals surface area contributed by atoms with Crippen LogP contribution in [0.2, 0.25) is 0 Å². The van der Waals surface area contributed by atoms with Crippen molar-refractivity contribution in [2.75, 3.05) is 6.54 Å². The molecule has 0 aliphatic carbocycles. The van der Waals surface area contributed by atoms with E-state index in [0.717, 1.165) is 11.1 Å². The van der Waals surface area contributed by atoms with Crippen molar-refractivity contribution in [2.24, 2.45) is 11.5 Å². The number of hydrogen-bond acceptors (Lipinski definition) is 3. The molecule has 0 unspecified atom stereocenters. The van der Waals surface area contributed by atoms with Gasteiger partial charge < -0.3 is 11.5 Å². The van der Waals surface area contributed by atoms with E-state index in [9.17, 15) is 0 Å². The van der Waals surface area contributed by atoms with E-state index in [1.54, 1.807) is 0 Å². The third kappa shape index (κ3) is 2.55. The first kappa shape index (κ1) is 9.72. The topological polar surface area (TPSA) is 75.8 Å². The monoisotopic (exact) mass is 175 g/mol. The van der Waals surface area contributed by atoms with Gasteiger partial charge in [0, 0.05) is 12.6 Å². The van der Waals surface area contributed by atoms with Gasteiger partial charge in [-0.1, -0.05) is 24.3 Å². The Morgan fingerprint density at radius 1 is 1.46 bits per heavy atom. The van der Waals surface area contributed by atoms with Crippen LogP contribution in [0.1, 0.15) is 17.2 Å². The number of nitrogens with zero attached hydrogens (tertiary/aromatic N) is 1. The molecule has 0 bridgehead atoms. The van der Waals surface area contributed by atoms with E-state index in [2.05, 4.69) is 6.07 Å². The van der Waals surface area contributed by atoms with Crippen molar-refractivity contribution in [1.82, 2.24) is 0 Å². The van der Waals surface area contributed by atoms with Gasteiger partial charge in [-0.2, -0.15) is 5.26 Å². The molecule has 1 aromatic carbocycles. The average molecular weight is 175 g/mol. The Hall–Kier alpha value is -1.37. The number of hydrogen-bond donors (Lipinski definition) is 2. The van der Waals surface area contributed by atoms with Crippen molar-refractivity contribution in [3.8, 4) is 6.07 Å². The van der Waals surface area contributed by atoms with Crippen LogP contribution in [0.5, 0.6) is 0 Å². The maximum atomic E-state index is 8.50. The molecule has 1 atom stereocenters. The van der Waals surface area contributed by atoms with Gasteiger partial charge in [0.15, 0.2) is 0 Å². The van der Waals surface area contributed by atoms with Crippen LogP contribution in [-0.4, -0.2) is 6.54 Å². The quantitative estimate of drug-likeness (QED) is 0.710. The summed E-state index contributed by atoms with van der Waals surface area (Å²) in [5.74, 6) is 0. The van der Waals surface area contributed by atoms with E-state index < -0.39 is 0 Å². The first-order valence-electron chi connectivity index (χ1n) is 4.19. The lowest BCUT2D eigenvalue weighted by molar-refractivity contribution is 0.736. The fourth-order valence-electron chi connectivity index (χ4n) is 1.16. The molecule has 13 heavy (non-hydrogen) atoms. The lowest BCUT2D eigenvalue weighted by Gasteiger charge is -2.09. The lowest BCUT2D eigenvalue weighted by atomic mass is 10.0. The summed E-state index contributed by atoms with van der Waals surface area (Å²) in [4.78, 5) is 0. The third-order valence-corrected chi connectivity index (χ3v) is 1.92. The minimum Gasteiger partial charge on any atom is -0.329 e. The fraction of sp³-hybridized carbons (Fsp3) is 0.300. The van der Waals surface area contributed by atoms with E-state index in [1.807, 2.05) is 24.3 Å². The normalized spacial score (nSPS) is 12.1. The second-order valence-electron chi connectivity index (χ2n) is 2.92. The summed E-state index contributed by atoms with van der Waals surface area (Å²) < 4.78 is 0. The molecule has 0 radical (unpaired) electrons. The predicted molar refractivity (Wildman–Crippen MR) is 51.7 cm³/mol. The van der Waals surface area contributed by atoms with E-state index in [-0.39, 0.29) is 6.04 Å². The molecule has 0 aliphatic heterocycles. The van der Waals surface area contributed by atoms with Gasteiger partial charge in [0.1, 0.15) is 0 Å². The molecule has 0 amide bonds. The molecule has 4 N–H and O–H groups in total. The molecule has 1 aromatic rings. The molecular formula is C10H13N3. The van der Waals surface area contributed by atoms with Crippen molar-refractivity contribution >= 4 is 0 Å². The number of nitriles is 1. The van der Waals surface area contributed by atoms with Gasteiger partial charge in [-0.05, 0) is 11.1 Å². The van der Waals surface area contributed by atoms with Gasteiger partial charge >= 0.3 is 0 Å². The minimum absolute atomic E-state index is 0.126. The lowest BCUT2D eigenvalue weighted by Crippen LogP contribution is -2.20. The summed E-state index contributed by atoms with van der Waals surface area (Å²) in [5.41, 5.74) is 13.2. The standard InChI is InChI=1S/C10H13N3/c11-5-4-8-2-1-3-9(6-8)10(13)7-12/h1-3,6,10H,4,7,12-13H2/t10-/m0/s1. The summed E-state index contributed by atoms with van der Waals surface area (Å²) in [6.07, 6.45) is 0.422. The van der Waals surface area contributed by atoms with Gasteiger partial charge in [0.05, 0.1) is 12.5 Å². The molecule has 0 fully saturated rings. The molecule has 3 nitrogen and oxygen atoms in total. The van der Waals surface area contributed by atoms with E-state index in [1.165, 1.54) is 0 Å². The zero-order valence-electron chi connectivity index (χ0n) is 7.40. The smallest absolute Gasteiger partial charge is 0.0669 e. The SMILES string of the molecule is N#CCc1cccc([C@@H](N)CN)c1. The van der Waals surface area contributed by atoms with Crippen LogP contribution < -0.4 is 11.5 Å². The van der Waals surface area contributed by atoms with Gasteiger partial charge in [0.25, 0.3) is 0 Å². The van der Waals surface area contributed by atoms with Crippen LogP contribution in [0.3, 0.4) is 0 Å². The maximum Gasteiger partial charge on any atom is 0.0669 e. The van der Waals surface area contributed by atoms with Crippen LogP contribution >= 0.6 is 0 Å².